The standard InChI is InChI=1S/C15H22N2O2/c1-2-19-14-6-3-12(4-7-14)11-17-10-9-13(16)5-8-15(17)18/h3-4,6-7,13H,2,5,8-11,16H2,1H3. The number of ether oxygens (including phenoxy) is 1. The maximum Gasteiger partial charge on any atom is 0.222 e. The summed E-state index contributed by atoms with van der Waals surface area (Å²) in [6, 6.07) is 8.10. The minimum absolute atomic E-state index is 0.161. The summed E-state index contributed by atoms with van der Waals surface area (Å²) in [7, 11) is 0. The van der Waals surface area contributed by atoms with Crippen molar-refractivity contribution in [3.05, 3.63) is 29.8 Å². The summed E-state index contributed by atoms with van der Waals surface area (Å²) in [5, 5.41) is 0. The topological polar surface area (TPSA) is 55.6 Å². The Morgan fingerprint density at radius 2 is 2.05 bits per heavy atom. The number of carbonyl (C=O) groups is 1. The second-order valence-electron chi connectivity index (χ2n) is 4.98. The van der Waals surface area contributed by atoms with E-state index in [4.69, 9.17) is 10.5 Å². The van der Waals surface area contributed by atoms with Gasteiger partial charge in [-0.1, -0.05) is 12.1 Å². The molecule has 1 atom stereocenters. The third-order valence-corrected chi connectivity index (χ3v) is 3.46. The molecule has 104 valence electrons. The minimum Gasteiger partial charge on any atom is -0.494 e. The van der Waals surface area contributed by atoms with E-state index in [1.807, 2.05) is 36.1 Å². The maximum absolute atomic E-state index is 12.0. The van der Waals surface area contributed by atoms with Crippen molar-refractivity contribution in [3.63, 3.8) is 0 Å². The van der Waals surface area contributed by atoms with Crippen molar-refractivity contribution in [2.75, 3.05) is 13.2 Å². The molecule has 1 aromatic rings. The average Bonchev–Trinajstić information content (AvgIpc) is 2.57. The molecule has 0 aliphatic carbocycles. The number of carbonyl (C=O) groups excluding carboxylic acids is 1. The molecule has 0 saturated carbocycles. The molecule has 19 heavy (non-hydrogen) atoms. The molecule has 2 rings (SSSR count). The molecule has 1 amide bonds. The molecular formula is C15H22N2O2. The molecule has 0 aromatic heterocycles. The lowest BCUT2D eigenvalue weighted by Crippen LogP contribution is -2.30. The molecule has 1 saturated heterocycles. The third kappa shape index (κ3) is 3.96. The van der Waals surface area contributed by atoms with E-state index in [0.717, 1.165) is 30.7 Å². The van der Waals surface area contributed by atoms with Crippen LogP contribution in [0.2, 0.25) is 0 Å². The van der Waals surface area contributed by atoms with Gasteiger partial charge in [-0.05, 0) is 37.5 Å². The van der Waals surface area contributed by atoms with Gasteiger partial charge in [-0.3, -0.25) is 4.79 Å². The second-order valence-corrected chi connectivity index (χ2v) is 4.98. The van der Waals surface area contributed by atoms with E-state index in [0.29, 0.717) is 19.6 Å². The van der Waals surface area contributed by atoms with Gasteiger partial charge in [0.15, 0.2) is 0 Å². The predicted molar refractivity (Wildman–Crippen MR) is 74.9 cm³/mol. The van der Waals surface area contributed by atoms with Crippen LogP contribution in [0.3, 0.4) is 0 Å². The zero-order valence-electron chi connectivity index (χ0n) is 11.5. The molecular weight excluding hydrogens is 240 g/mol. The van der Waals surface area contributed by atoms with Crippen molar-refractivity contribution in [3.8, 4) is 5.75 Å². The van der Waals surface area contributed by atoms with Gasteiger partial charge in [0.2, 0.25) is 5.91 Å². The van der Waals surface area contributed by atoms with Gasteiger partial charge in [0.25, 0.3) is 0 Å². The molecule has 1 fully saturated rings. The summed E-state index contributed by atoms with van der Waals surface area (Å²) < 4.78 is 5.41. The summed E-state index contributed by atoms with van der Waals surface area (Å²) in [5.74, 6) is 1.08. The van der Waals surface area contributed by atoms with Crippen molar-refractivity contribution in [2.24, 2.45) is 5.73 Å². The van der Waals surface area contributed by atoms with Crippen LogP contribution >= 0.6 is 0 Å². The van der Waals surface area contributed by atoms with Crippen molar-refractivity contribution >= 4 is 5.91 Å². The monoisotopic (exact) mass is 262 g/mol. The van der Waals surface area contributed by atoms with Crippen molar-refractivity contribution in [1.82, 2.24) is 4.90 Å². The number of amides is 1. The fourth-order valence-electron chi connectivity index (χ4n) is 2.30. The van der Waals surface area contributed by atoms with Gasteiger partial charge in [-0.25, -0.2) is 0 Å². The number of rotatable bonds is 4. The Balaban J connectivity index is 1.97. The molecule has 1 heterocycles. The smallest absolute Gasteiger partial charge is 0.222 e. The largest absolute Gasteiger partial charge is 0.494 e. The number of likely N-dealkylation sites (tertiary alicyclic amines) is 1. The Hall–Kier alpha value is -1.55. The lowest BCUT2D eigenvalue weighted by Gasteiger charge is -2.20. The molecule has 0 spiro atoms. The minimum atomic E-state index is 0.161. The number of hydrogen-bond acceptors (Lipinski definition) is 3. The molecule has 1 aliphatic rings. The molecule has 1 unspecified atom stereocenters. The van der Waals surface area contributed by atoms with Gasteiger partial charge < -0.3 is 15.4 Å². The van der Waals surface area contributed by atoms with Crippen LogP contribution in [0.15, 0.2) is 24.3 Å². The third-order valence-electron chi connectivity index (χ3n) is 3.46. The fourth-order valence-corrected chi connectivity index (χ4v) is 2.30. The van der Waals surface area contributed by atoms with E-state index in [2.05, 4.69) is 0 Å². The van der Waals surface area contributed by atoms with E-state index >= 15 is 0 Å². The Morgan fingerprint density at radius 1 is 1.32 bits per heavy atom. The van der Waals surface area contributed by atoms with Crippen LogP contribution in [0.4, 0.5) is 0 Å². The first-order valence-corrected chi connectivity index (χ1v) is 6.94. The Bertz CT molecular complexity index is 417. The fraction of sp³-hybridized carbons (Fsp3) is 0.533. The number of benzene rings is 1. The van der Waals surface area contributed by atoms with Crippen LogP contribution in [0.1, 0.15) is 31.7 Å². The van der Waals surface area contributed by atoms with Crippen LogP contribution < -0.4 is 10.5 Å². The zero-order chi connectivity index (χ0) is 13.7. The van der Waals surface area contributed by atoms with Crippen LogP contribution in [-0.4, -0.2) is 30.0 Å². The Kier molecular flexibility index (Phi) is 4.80. The maximum atomic E-state index is 12.0. The molecule has 0 bridgehead atoms. The van der Waals surface area contributed by atoms with Gasteiger partial charge in [-0.15, -0.1) is 0 Å². The summed E-state index contributed by atoms with van der Waals surface area (Å²) in [6.07, 6.45) is 2.26. The van der Waals surface area contributed by atoms with Crippen molar-refractivity contribution in [1.29, 1.82) is 0 Å². The van der Waals surface area contributed by atoms with Crippen molar-refractivity contribution < 1.29 is 9.53 Å². The highest BCUT2D eigenvalue weighted by Crippen LogP contribution is 2.17. The first-order chi connectivity index (χ1) is 9.19. The second kappa shape index (κ2) is 6.57. The molecule has 1 aliphatic heterocycles. The van der Waals surface area contributed by atoms with Gasteiger partial charge in [0.05, 0.1) is 6.61 Å². The lowest BCUT2D eigenvalue weighted by atomic mass is 10.1. The van der Waals surface area contributed by atoms with E-state index in [1.54, 1.807) is 0 Å². The molecule has 2 N–H and O–H groups in total. The van der Waals surface area contributed by atoms with Crippen LogP contribution in [0.5, 0.6) is 5.75 Å². The summed E-state index contributed by atoms with van der Waals surface area (Å²) in [6.45, 7) is 4.06. The van der Waals surface area contributed by atoms with E-state index in [9.17, 15) is 4.79 Å². The van der Waals surface area contributed by atoms with Crippen molar-refractivity contribution in [2.45, 2.75) is 38.8 Å². The number of hydrogen-bond donors (Lipinski definition) is 1. The Labute approximate surface area is 114 Å². The first-order valence-electron chi connectivity index (χ1n) is 6.94. The van der Waals surface area contributed by atoms with Gasteiger partial charge in [-0.2, -0.15) is 0 Å². The summed E-state index contributed by atoms with van der Waals surface area (Å²) >= 11 is 0. The molecule has 0 radical (unpaired) electrons. The molecule has 4 nitrogen and oxygen atoms in total. The highest BCUT2D eigenvalue weighted by molar-refractivity contribution is 5.76. The lowest BCUT2D eigenvalue weighted by molar-refractivity contribution is -0.131. The summed E-state index contributed by atoms with van der Waals surface area (Å²) in [4.78, 5) is 13.9. The van der Waals surface area contributed by atoms with Gasteiger partial charge in [0, 0.05) is 25.6 Å². The number of nitrogens with two attached hydrogens (primary N) is 1. The zero-order valence-corrected chi connectivity index (χ0v) is 11.5. The van der Waals surface area contributed by atoms with E-state index in [1.165, 1.54) is 0 Å². The highest BCUT2D eigenvalue weighted by Gasteiger charge is 2.20. The quantitative estimate of drug-likeness (QED) is 0.902. The molecule has 1 aromatic carbocycles. The van der Waals surface area contributed by atoms with Crippen LogP contribution in [0, 0.1) is 0 Å². The van der Waals surface area contributed by atoms with E-state index < -0.39 is 0 Å². The van der Waals surface area contributed by atoms with Crippen LogP contribution in [0.25, 0.3) is 0 Å². The molecule has 4 heteroatoms. The SMILES string of the molecule is CCOc1ccc(CN2CCC(N)CCC2=O)cc1. The van der Waals surface area contributed by atoms with Gasteiger partial charge >= 0.3 is 0 Å². The highest BCUT2D eigenvalue weighted by atomic mass is 16.5. The summed E-state index contributed by atoms with van der Waals surface area (Å²) in [5.41, 5.74) is 7.04. The van der Waals surface area contributed by atoms with Gasteiger partial charge in [0.1, 0.15) is 5.75 Å². The first kappa shape index (κ1) is 13.9. The normalized spacial score (nSPS) is 20.2. The van der Waals surface area contributed by atoms with E-state index in [-0.39, 0.29) is 11.9 Å². The van der Waals surface area contributed by atoms with Crippen LogP contribution in [-0.2, 0) is 11.3 Å². The predicted octanol–water partition coefficient (Wildman–Crippen LogP) is 1.93. The Morgan fingerprint density at radius 3 is 2.74 bits per heavy atom. The average molecular weight is 262 g/mol. The number of nitrogens with zero attached hydrogens (tertiary/aromatic N) is 1.